The van der Waals surface area contributed by atoms with Gasteiger partial charge in [0.25, 0.3) is 0 Å². The van der Waals surface area contributed by atoms with E-state index in [0.29, 0.717) is 14.6 Å². The summed E-state index contributed by atoms with van der Waals surface area (Å²) in [6, 6.07) is 1.66. The van der Waals surface area contributed by atoms with Crippen LogP contribution in [0.1, 0.15) is 46.3 Å². The Morgan fingerprint density at radius 2 is 1.63 bits per heavy atom. The Hall–Kier alpha value is -1.65. The second kappa shape index (κ2) is 9.23. The fourth-order valence-corrected chi connectivity index (χ4v) is 4.64. The van der Waals surface area contributed by atoms with Crippen LogP contribution < -0.4 is 5.32 Å². The molecule has 0 aromatic heterocycles. The van der Waals surface area contributed by atoms with Crippen molar-refractivity contribution in [3.63, 3.8) is 0 Å². The average Bonchev–Trinajstić information content (AvgIpc) is 2.61. The number of benzene rings is 1. The molecule has 1 aliphatic rings. The third-order valence-electron chi connectivity index (χ3n) is 4.42. The van der Waals surface area contributed by atoms with Gasteiger partial charge < -0.3 is 24.6 Å². The third-order valence-corrected chi connectivity index (χ3v) is 5.51. The van der Waals surface area contributed by atoms with Crippen LogP contribution in [0.5, 0.6) is 0 Å². The number of halogens is 2. The molecule has 2 N–H and O–H groups in total. The number of fused-ring (bicyclic) bond motifs is 1. The van der Waals surface area contributed by atoms with Gasteiger partial charge in [0.1, 0.15) is 11.7 Å². The zero-order chi connectivity index (χ0) is 22.9. The molecule has 0 bridgehead atoms. The van der Waals surface area contributed by atoms with Crippen molar-refractivity contribution in [2.45, 2.75) is 52.4 Å². The Kier molecular flexibility index (Phi) is 7.58. The lowest BCUT2D eigenvalue weighted by molar-refractivity contribution is -0.191. The van der Waals surface area contributed by atoms with Crippen LogP contribution in [0.25, 0.3) is 0 Å². The lowest BCUT2D eigenvalue weighted by Gasteiger charge is -2.44. The van der Waals surface area contributed by atoms with Crippen LogP contribution in [-0.2, 0) is 28.6 Å². The van der Waals surface area contributed by atoms with Crippen LogP contribution in [0.2, 0.25) is 0 Å². The van der Waals surface area contributed by atoms with Gasteiger partial charge in [-0.2, -0.15) is 0 Å². The van der Waals surface area contributed by atoms with E-state index in [2.05, 4.69) is 37.2 Å². The molecule has 1 heterocycles. The Labute approximate surface area is 191 Å². The molecule has 166 valence electrons. The zero-order valence-electron chi connectivity index (χ0n) is 17.4. The lowest BCUT2D eigenvalue weighted by Crippen LogP contribution is -2.63. The molecule has 1 aliphatic heterocycles. The third kappa shape index (κ3) is 4.50. The summed E-state index contributed by atoms with van der Waals surface area (Å²) in [5, 5.41) is 14.3. The molecular weight excluding hydrogens is 526 g/mol. The molecule has 10 heteroatoms. The fourth-order valence-electron chi connectivity index (χ4n) is 3.27. The number of carbonyl (C=O) groups excluding carboxylic acids is 3. The summed E-state index contributed by atoms with van der Waals surface area (Å²) in [5.41, 5.74) is -2.74. The van der Waals surface area contributed by atoms with E-state index in [9.17, 15) is 19.5 Å². The number of rotatable bonds is 5. The Balaban J connectivity index is 2.79. The summed E-state index contributed by atoms with van der Waals surface area (Å²) in [4.78, 5) is 39.4. The second-order valence-electron chi connectivity index (χ2n) is 7.68. The van der Waals surface area contributed by atoms with Gasteiger partial charge in [-0.15, -0.1) is 0 Å². The first kappa shape index (κ1) is 24.6. The highest BCUT2D eigenvalue weighted by molar-refractivity contribution is 9.11. The maximum Gasteiger partial charge on any atom is 0.331 e. The van der Waals surface area contributed by atoms with Crippen LogP contribution in [-0.4, -0.2) is 47.9 Å². The number of esters is 3. The number of carbonyl (C=O) groups is 3. The first-order valence-electron chi connectivity index (χ1n) is 9.40. The summed E-state index contributed by atoms with van der Waals surface area (Å²) in [6.07, 6.45) is -1.74. The minimum absolute atomic E-state index is 0.0667. The van der Waals surface area contributed by atoms with E-state index in [4.69, 9.17) is 14.2 Å². The van der Waals surface area contributed by atoms with E-state index in [1.165, 1.54) is 0 Å². The average molecular weight is 551 g/mol. The number of ether oxygens (including phenoxy) is 3. The van der Waals surface area contributed by atoms with Crippen LogP contribution >= 0.6 is 31.9 Å². The summed E-state index contributed by atoms with van der Waals surface area (Å²) >= 11 is 6.72. The first-order chi connectivity index (χ1) is 13.9. The maximum absolute atomic E-state index is 13.2. The summed E-state index contributed by atoms with van der Waals surface area (Å²) in [5.74, 6) is -3.06. The number of anilines is 1. The molecule has 0 spiro atoms. The van der Waals surface area contributed by atoms with Gasteiger partial charge >= 0.3 is 17.9 Å². The van der Waals surface area contributed by atoms with E-state index in [0.717, 1.165) is 0 Å². The van der Waals surface area contributed by atoms with Gasteiger partial charge in [-0.1, -0.05) is 15.9 Å². The smallest absolute Gasteiger partial charge is 0.331 e. The van der Waals surface area contributed by atoms with Crippen LogP contribution in [0, 0.1) is 5.41 Å². The van der Waals surface area contributed by atoms with Crippen LogP contribution in [0.4, 0.5) is 5.69 Å². The predicted molar refractivity (Wildman–Crippen MR) is 116 cm³/mol. The number of nitrogens with one attached hydrogen (secondary N) is 1. The van der Waals surface area contributed by atoms with E-state index in [1.807, 2.05) is 0 Å². The van der Waals surface area contributed by atoms with Crippen molar-refractivity contribution in [1.82, 2.24) is 0 Å². The molecule has 2 rings (SSSR count). The number of aliphatic hydroxyl groups is 1. The fraction of sp³-hybridized carbons (Fsp3) is 0.550. The molecule has 0 fully saturated rings. The standard InChI is InChI=1S/C20H25Br2NO7/c1-6-28-17(26)20(18(27)29-7-2)14(16(25)30-19(3,4)5)23-13-11(15(20)24)8-10(21)9-12(13)22/h8-9,14-15,23-24H,6-7H2,1-5H3/t14-,15-/m1/s1. The highest BCUT2D eigenvalue weighted by atomic mass is 79.9. The molecule has 0 aliphatic carbocycles. The molecule has 2 atom stereocenters. The summed E-state index contributed by atoms with van der Waals surface area (Å²) < 4.78 is 16.8. The second-order valence-corrected chi connectivity index (χ2v) is 9.45. The van der Waals surface area contributed by atoms with E-state index in [-0.39, 0.29) is 18.8 Å². The molecule has 0 saturated heterocycles. The minimum Gasteiger partial charge on any atom is -0.465 e. The van der Waals surface area contributed by atoms with E-state index in [1.54, 1.807) is 46.8 Å². The van der Waals surface area contributed by atoms with Crippen LogP contribution in [0.15, 0.2) is 21.1 Å². The Morgan fingerprint density at radius 1 is 1.10 bits per heavy atom. The number of aliphatic hydroxyl groups excluding tert-OH is 1. The van der Waals surface area contributed by atoms with Crippen molar-refractivity contribution in [1.29, 1.82) is 0 Å². The number of hydrogen-bond donors (Lipinski definition) is 2. The molecule has 0 saturated carbocycles. The SMILES string of the molecule is CCOC(=O)C1(C(=O)OCC)[C@@H](C(=O)OC(C)(C)C)Nc2c(Br)cc(Br)cc2[C@H]1O. The molecule has 1 aromatic rings. The summed E-state index contributed by atoms with van der Waals surface area (Å²) in [6.45, 7) is 7.95. The van der Waals surface area contributed by atoms with E-state index >= 15 is 0 Å². The van der Waals surface area contributed by atoms with Gasteiger partial charge in [-0.3, -0.25) is 9.59 Å². The molecular formula is C20H25Br2NO7. The highest BCUT2D eigenvalue weighted by Crippen LogP contribution is 2.50. The minimum atomic E-state index is -2.40. The quantitative estimate of drug-likeness (QED) is 0.325. The number of hydrogen-bond acceptors (Lipinski definition) is 8. The zero-order valence-corrected chi connectivity index (χ0v) is 20.5. The first-order valence-corrected chi connectivity index (χ1v) is 11.0. The molecule has 30 heavy (non-hydrogen) atoms. The van der Waals surface area contributed by atoms with Gasteiger partial charge in [-0.05, 0) is 62.7 Å². The normalized spacial score (nSPS) is 19.9. The molecule has 0 radical (unpaired) electrons. The largest absolute Gasteiger partial charge is 0.465 e. The lowest BCUT2D eigenvalue weighted by atomic mass is 9.69. The van der Waals surface area contributed by atoms with Crippen molar-refractivity contribution in [2.24, 2.45) is 5.41 Å². The summed E-state index contributed by atoms with van der Waals surface area (Å²) in [7, 11) is 0. The van der Waals surface area contributed by atoms with Crippen molar-refractivity contribution in [3.05, 3.63) is 26.6 Å². The monoisotopic (exact) mass is 549 g/mol. The van der Waals surface area contributed by atoms with Gasteiger partial charge in [0.05, 0.1) is 18.9 Å². The Bertz CT molecular complexity index is 832. The van der Waals surface area contributed by atoms with Crippen molar-refractivity contribution in [2.75, 3.05) is 18.5 Å². The van der Waals surface area contributed by atoms with Crippen LogP contribution in [0.3, 0.4) is 0 Å². The van der Waals surface area contributed by atoms with Crippen molar-refractivity contribution in [3.8, 4) is 0 Å². The molecule has 0 amide bonds. The Morgan fingerprint density at radius 3 is 2.10 bits per heavy atom. The molecule has 0 unspecified atom stereocenters. The van der Waals surface area contributed by atoms with Gasteiger partial charge in [0.2, 0.25) is 5.41 Å². The van der Waals surface area contributed by atoms with Crippen molar-refractivity contribution >= 4 is 55.5 Å². The molecule has 1 aromatic carbocycles. The molecule has 8 nitrogen and oxygen atoms in total. The van der Waals surface area contributed by atoms with E-state index < -0.39 is 41.1 Å². The maximum atomic E-state index is 13.2. The van der Waals surface area contributed by atoms with Crippen molar-refractivity contribution < 1.29 is 33.7 Å². The predicted octanol–water partition coefficient (Wildman–Crippen LogP) is 3.49. The van der Waals surface area contributed by atoms with Gasteiger partial charge in [0.15, 0.2) is 6.04 Å². The highest BCUT2D eigenvalue weighted by Gasteiger charge is 2.66. The van der Waals surface area contributed by atoms with Gasteiger partial charge in [0, 0.05) is 14.5 Å². The van der Waals surface area contributed by atoms with Gasteiger partial charge in [-0.25, -0.2) is 4.79 Å². The topological polar surface area (TPSA) is 111 Å².